The van der Waals surface area contributed by atoms with Gasteiger partial charge in [-0.15, -0.1) is 6.58 Å². The van der Waals surface area contributed by atoms with Crippen molar-refractivity contribution in [1.29, 1.82) is 0 Å². The van der Waals surface area contributed by atoms with Crippen molar-refractivity contribution in [2.75, 3.05) is 19.6 Å². The molecule has 0 aromatic rings. The molecule has 0 bridgehead atoms. The highest BCUT2D eigenvalue weighted by Crippen LogP contribution is 2.41. The van der Waals surface area contributed by atoms with Crippen LogP contribution in [-0.4, -0.2) is 36.1 Å². The van der Waals surface area contributed by atoms with Crippen LogP contribution in [0.25, 0.3) is 0 Å². The summed E-state index contributed by atoms with van der Waals surface area (Å²) >= 11 is 0. The molecule has 0 aromatic heterocycles. The summed E-state index contributed by atoms with van der Waals surface area (Å²) in [7, 11) is 0. The van der Waals surface area contributed by atoms with Gasteiger partial charge in [-0.2, -0.15) is 0 Å². The van der Waals surface area contributed by atoms with Crippen LogP contribution in [0.3, 0.4) is 0 Å². The van der Waals surface area contributed by atoms with Crippen molar-refractivity contribution < 1.29 is 0 Å². The third-order valence-electron chi connectivity index (χ3n) is 3.80. The lowest BCUT2D eigenvalue weighted by molar-refractivity contribution is 0.0942. The standard InChI is InChI=1S/C12H22N2/c1-4-7-14-9-12(3,11-5-6-11)13-8-10(14)2/h4,10-11,13H,1,5-9H2,2-3H3. The fourth-order valence-corrected chi connectivity index (χ4v) is 2.55. The Balaban J connectivity index is 1.99. The van der Waals surface area contributed by atoms with Crippen LogP contribution in [0.2, 0.25) is 0 Å². The van der Waals surface area contributed by atoms with Crippen LogP contribution in [-0.2, 0) is 0 Å². The highest BCUT2D eigenvalue weighted by Gasteiger charge is 2.44. The summed E-state index contributed by atoms with van der Waals surface area (Å²) in [4.78, 5) is 2.54. The average molecular weight is 194 g/mol. The largest absolute Gasteiger partial charge is 0.308 e. The van der Waals surface area contributed by atoms with Crippen molar-refractivity contribution >= 4 is 0 Å². The smallest absolute Gasteiger partial charge is 0.0309 e. The number of hydrogen-bond donors (Lipinski definition) is 1. The second-order valence-electron chi connectivity index (χ2n) is 5.14. The average Bonchev–Trinajstić information content (AvgIpc) is 2.95. The molecule has 14 heavy (non-hydrogen) atoms. The second-order valence-corrected chi connectivity index (χ2v) is 5.14. The topological polar surface area (TPSA) is 15.3 Å². The summed E-state index contributed by atoms with van der Waals surface area (Å²) in [6.45, 7) is 11.9. The Hall–Kier alpha value is -0.340. The first-order chi connectivity index (χ1) is 6.65. The van der Waals surface area contributed by atoms with Gasteiger partial charge in [0.1, 0.15) is 0 Å². The fourth-order valence-electron chi connectivity index (χ4n) is 2.55. The number of nitrogens with zero attached hydrogens (tertiary/aromatic N) is 1. The minimum absolute atomic E-state index is 0.371. The number of rotatable bonds is 3. The zero-order valence-corrected chi connectivity index (χ0v) is 9.42. The van der Waals surface area contributed by atoms with E-state index in [4.69, 9.17) is 0 Å². The molecule has 1 N–H and O–H groups in total. The van der Waals surface area contributed by atoms with Crippen molar-refractivity contribution in [2.24, 2.45) is 5.92 Å². The first kappa shape index (κ1) is 10.2. The molecule has 2 atom stereocenters. The Labute approximate surface area is 87.4 Å². The van der Waals surface area contributed by atoms with E-state index < -0.39 is 0 Å². The lowest BCUT2D eigenvalue weighted by Crippen LogP contribution is -2.63. The molecule has 2 fully saturated rings. The molecule has 1 saturated heterocycles. The van der Waals surface area contributed by atoms with Gasteiger partial charge < -0.3 is 5.32 Å². The third-order valence-corrected chi connectivity index (χ3v) is 3.80. The molecular formula is C12H22N2. The molecule has 80 valence electrons. The molecule has 2 heteroatoms. The highest BCUT2D eigenvalue weighted by molar-refractivity contribution is 5.04. The molecular weight excluding hydrogens is 172 g/mol. The van der Waals surface area contributed by atoms with Gasteiger partial charge in [0.15, 0.2) is 0 Å². The summed E-state index contributed by atoms with van der Waals surface area (Å²) < 4.78 is 0. The molecule has 0 spiro atoms. The van der Waals surface area contributed by atoms with E-state index in [0.717, 1.165) is 19.0 Å². The van der Waals surface area contributed by atoms with E-state index in [1.54, 1.807) is 0 Å². The predicted molar refractivity (Wildman–Crippen MR) is 60.4 cm³/mol. The maximum atomic E-state index is 3.84. The number of hydrogen-bond acceptors (Lipinski definition) is 2. The van der Waals surface area contributed by atoms with E-state index in [0.29, 0.717) is 11.6 Å². The summed E-state index contributed by atoms with van der Waals surface area (Å²) in [5.74, 6) is 0.919. The molecule has 2 rings (SSSR count). The minimum atomic E-state index is 0.371. The summed E-state index contributed by atoms with van der Waals surface area (Å²) in [5, 5.41) is 3.72. The Morgan fingerprint density at radius 1 is 1.57 bits per heavy atom. The first-order valence-electron chi connectivity index (χ1n) is 5.76. The lowest BCUT2D eigenvalue weighted by atomic mass is 9.91. The highest BCUT2D eigenvalue weighted by atomic mass is 15.2. The van der Waals surface area contributed by atoms with Crippen molar-refractivity contribution in [3.63, 3.8) is 0 Å². The van der Waals surface area contributed by atoms with Gasteiger partial charge in [0.05, 0.1) is 0 Å². The summed E-state index contributed by atoms with van der Waals surface area (Å²) in [6.07, 6.45) is 4.86. The SMILES string of the molecule is C=CCN1CC(C)(C2CC2)NCC1C. The molecule has 1 saturated carbocycles. The van der Waals surface area contributed by atoms with Crippen molar-refractivity contribution in [3.05, 3.63) is 12.7 Å². The quantitative estimate of drug-likeness (QED) is 0.687. The van der Waals surface area contributed by atoms with E-state index in [-0.39, 0.29) is 0 Å². The molecule has 0 amide bonds. The van der Waals surface area contributed by atoms with Gasteiger partial charge in [-0.05, 0) is 32.6 Å². The van der Waals surface area contributed by atoms with E-state index in [1.807, 2.05) is 6.08 Å². The Morgan fingerprint density at radius 2 is 2.29 bits per heavy atom. The summed E-state index contributed by atoms with van der Waals surface area (Å²) in [5.41, 5.74) is 0.371. The maximum Gasteiger partial charge on any atom is 0.0309 e. The van der Waals surface area contributed by atoms with Crippen LogP contribution in [0.1, 0.15) is 26.7 Å². The maximum absolute atomic E-state index is 3.84. The zero-order chi connectivity index (χ0) is 10.2. The predicted octanol–water partition coefficient (Wildman–Crippen LogP) is 1.63. The first-order valence-corrected chi connectivity index (χ1v) is 5.76. The van der Waals surface area contributed by atoms with Crippen LogP contribution >= 0.6 is 0 Å². The van der Waals surface area contributed by atoms with Gasteiger partial charge in [0.2, 0.25) is 0 Å². The minimum Gasteiger partial charge on any atom is -0.308 e. The lowest BCUT2D eigenvalue weighted by Gasteiger charge is -2.45. The van der Waals surface area contributed by atoms with Crippen LogP contribution in [0.15, 0.2) is 12.7 Å². The molecule has 2 unspecified atom stereocenters. The van der Waals surface area contributed by atoms with Crippen LogP contribution < -0.4 is 5.32 Å². The van der Waals surface area contributed by atoms with Gasteiger partial charge >= 0.3 is 0 Å². The van der Waals surface area contributed by atoms with E-state index >= 15 is 0 Å². The normalized spacial score (nSPS) is 39.7. The van der Waals surface area contributed by atoms with Crippen molar-refractivity contribution in [3.8, 4) is 0 Å². The van der Waals surface area contributed by atoms with E-state index in [2.05, 4.69) is 30.6 Å². The van der Waals surface area contributed by atoms with Gasteiger partial charge in [0, 0.05) is 31.2 Å². The van der Waals surface area contributed by atoms with Gasteiger partial charge in [0.25, 0.3) is 0 Å². The molecule has 0 radical (unpaired) electrons. The van der Waals surface area contributed by atoms with Crippen LogP contribution in [0, 0.1) is 5.92 Å². The van der Waals surface area contributed by atoms with Crippen LogP contribution in [0.4, 0.5) is 0 Å². The Morgan fingerprint density at radius 3 is 2.86 bits per heavy atom. The Kier molecular flexibility index (Phi) is 2.67. The monoisotopic (exact) mass is 194 g/mol. The molecule has 1 aliphatic heterocycles. The van der Waals surface area contributed by atoms with E-state index in [9.17, 15) is 0 Å². The zero-order valence-electron chi connectivity index (χ0n) is 9.42. The van der Waals surface area contributed by atoms with Crippen molar-refractivity contribution in [1.82, 2.24) is 10.2 Å². The number of nitrogens with one attached hydrogen (secondary N) is 1. The summed E-state index contributed by atoms with van der Waals surface area (Å²) in [6, 6.07) is 0.653. The second kappa shape index (κ2) is 3.67. The fraction of sp³-hybridized carbons (Fsp3) is 0.833. The molecule has 1 heterocycles. The Bertz CT molecular complexity index is 222. The molecule has 0 aromatic carbocycles. The van der Waals surface area contributed by atoms with Gasteiger partial charge in [-0.25, -0.2) is 0 Å². The molecule has 2 aliphatic rings. The molecule has 2 nitrogen and oxygen atoms in total. The van der Waals surface area contributed by atoms with Crippen LogP contribution in [0.5, 0.6) is 0 Å². The van der Waals surface area contributed by atoms with Gasteiger partial charge in [-0.1, -0.05) is 6.08 Å². The van der Waals surface area contributed by atoms with Crippen molar-refractivity contribution in [2.45, 2.75) is 38.3 Å². The van der Waals surface area contributed by atoms with Gasteiger partial charge in [-0.3, -0.25) is 4.90 Å². The molecule has 1 aliphatic carbocycles. The third kappa shape index (κ3) is 1.86. The number of piperazine rings is 1. The van der Waals surface area contributed by atoms with E-state index in [1.165, 1.54) is 19.4 Å².